The number of halogens is 1. The van der Waals surface area contributed by atoms with E-state index in [9.17, 15) is 14.0 Å². The fourth-order valence-corrected chi connectivity index (χ4v) is 2.81. The number of aliphatic carboxylic acids is 1. The molecule has 1 unspecified atom stereocenters. The van der Waals surface area contributed by atoms with E-state index in [0.717, 1.165) is 17.0 Å². The number of amides is 1. The number of hydrogen-bond acceptors (Lipinski definition) is 4. The molecule has 0 spiro atoms. The molecule has 0 aliphatic rings. The second-order valence-corrected chi connectivity index (χ2v) is 5.84. The van der Waals surface area contributed by atoms with E-state index in [1.807, 2.05) is 24.3 Å². The Bertz CT molecular complexity index is 685. The highest BCUT2D eigenvalue weighted by Gasteiger charge is 2.20. The van der Waals surface area contributed by atoms with Gasteiger partial charge in [0.2, 0.25) is 5.91 Å². The van der Waals surface area contributed by atoms with Gasteiger partial charge in [-0.05, 0) is 12.0 Å². The van der Waals surface area contributed by atoms with Crippen LogP contribution in [0.25, 0.3) is 10.6 Å². The Labute approximate surface area is 137 Å². The number of rotatable bonds is 7. The quantitative estimate of drug-likeness (QED) is 0.814. The Morgan fingerprint density at radius 3 is 2.61 bits per heavy atom. The van der Waals surface area contributed by atoms with Crippen molar-refractivity contribution in [1.29, 1.82) is 0 Å². The third-order valence-electron chi connectivity index (χ3n) is 3.29. The Hall–Kier alpha value is -2.28. The molecule has 7 heteroatoms. The molecule has 0 aliphatic carbocycles. The summed E-state index contributed by atoms with van der Waals surface area (Å²) in [5.41, 5.74) is 2.73. The van der Waals surface area contributed by atoms with Gasteiger partial charge in [-0.1, -0.05) is 31.2 Å². The average molecular weight is 336 g/mol. The second kappa shape index (κ2) is 7.82. The van der Waals surface area contributed by atoms with Crippen LogP contribution in [0.2, 0.25) is 0 Å². The summed E-state index contributed by atoms with van der Waals surface area (Å²) in [5, 5.41) is 13.4. The molecule has 23 heavy (non-hydrogen) atoms. The van der Waals surface area contributed by atoms with E-state index in [-0.39, 0.29) is 6.42 Å². The molecule has 5 nitrogen and oxygen atoms in total. The highest BCUT2D eigenvalue weighted by atomic mass is 32.1. The van der Waals surface area contributed by atoms with E-state index in [0.29, 0.717) is 5.69 Å². The van der Waals surface area contributed by atoms with Crippen LogP contribution in [0.15, 0.2) is 29.6 Å². The molecular formula is C16H17FN2O3S. The highest BCUT2D eigenvalue weighted by Crippen LogP contribution is 2.24. The van der Waals surface area contributed by atoms with Crippen LogP contribution in [0, 0.1) is 0 Å². The molecule has 0 fully saturated rings. The fourth-order valence-electron chi connectivity index (χ4n) is 1.98. The van der Waals surface area contributed by atoms with Crippen molar-refractivity contribution >= 4 is 23.2 Å². The van der Waals surface area contributed by atoms with Gasteiger partial charge in [0.1, 0.15) is 11.7 Å². The minimum atomic E-state index is -1.51. The molecule has 122 valence electrons. The van der Waals surface area contributed by atoms with Crippen LogP contribution in [0.4, 0.5) is 4.39 Å². The Kier molecular flexibility index (Phi) is 5.81. The molecule has 0 saturated carbocycles. The predicted molar refractivity (Wildman–Crippen MR) is 86.2 cm³/mol. The average Bonchev–Trinajstić information content (AvgIpc) is 3.00. The number of benzene rings is 1. The van der Waals surface area contributed by atoms with Crippen LogP contribution in [0.1, 0.15) is 18.2 Å². The Morgan fingerprint density at radius 2 is 2.04 bits per heavy atom. The largest absolute Gasteiger partial charge is 0.480 e. The smallest absolute Gasteiger partial charge is 0.328 e. The zero-order valence-electron chi connectivity index (χ0n) is 12.6. The van der Waals surface area contributed by atoms with E-state index < -0.39 is 24.6 Å². The van der Waals surface area contributed by atoms with Crippen LogP contribution in [-0.4, -0.2) is 34.7 Å². The molecule has 1 aromatic carbocycles. The molecule has 0 aliphatic heterocycles. The van der Waals surface area contributed by atoms with Crippen LogP contribution in [0.5, 0.6) is 0 Å². The van der Waals surface area contributed by atoms with Crippen LogP contribution >= 0.6 is 11.3 Å². The Morgan fingerprint density at radius 1 is 1.35 bits per heavy atom. The summed E-state index contributed by atoms with van der Waals surface area (Å²) >= 11 is 1.41. The lowest BCUT2D eigenvalue weighted by atomic mass is 10.1. The number of aryl methyl sites for hydroxylation is 1. The number of hydrogen-bond donors (Lipinski definition) is 2. The van der Waals surface area contributed by atoms with Gasteiger partial charge in [0.15, 0.2) is 6.04 Å². The first-order valence-electron chi connectivity index (χ1n) is 7.15. The van der Waals surface area contributed by atoms with Gasteiger partial charge in [-0.25, -0.2) is 14.2 Å². The molecule has 0 bridgehead atoms. The first-order chi connectivity index (χ1) is 11.0. The van der Waals surface area contributed by atoms with Crippen molar-refractivity contribution in [2.45, 2.75) is 25.8 Å². The van der Waals surface area contributed by atoms with E-state index in [1.165, 1.54) is 16.9 Å². The molecule has 2 aromatic rings. The zero-order chi connectivity index (χ0) is 16.8. The summed E-state index contributed by atoms with van der Waals surface area (Å²) < 4.78 is 12.5. The number of aromatic nitrogens is 1. The lowest BCUT2D eigenvalue weighted by Gasteiger charge is -2.09. The second-order valence-electron chi connectivity index (χ2n) is 4.98. The van der Waals surface area contributed by atoms with Gasteiger partial charge in [-0.3, -0.25) is 4.79 Å². The van der Waals surface area contributed by atoms with Gasteiger partial charge in [-0.15, -0.1) is 11.3 Å². The number of carbonyl (C=O) groups is 2. The van der Waals surface area contributed by atoms with Crippen molar-refractivity contribution in [2.75, 3.05) is 6.67 Å². The maximum absolute atomic E-state index is 12.5. The number of nitrogens with zero attached hydrogens (tertiary/aromatic N) is 1. The molecule has 2 N–H and O–H groups in total. The van der Waals surface area contributed by atoms with Crippen LogP contribution in [0.3, 0.4) is 0 Å². The standard InChI is InChI=1S/C16H17FN2O3S/c1-2-10-3-5-11(6-4-10)15-18-12(9-23-15)7-14(20)19-13(8-17)16(21)22/h3-6,9,13H,2,7-8H2,1H3,(H,19,20)(H,21,22). The molecule has 0 radical (unpaired) electrons. The summed E-state index contributed by atoms with van der Waals surface area (Å²) in [4.78, 5) is 26.8. The highest BCUT2D eigenvalue weighted by molar-refractivity contribution is 7.13. The lowest BCUT2D eigenvalue weighted by molar-refractivity contribution is -0.142. The van der Waals surface area contributed by atoms with Gasteiger partial charge in [0, 0.05) is 10.9 Å². The van der Waals surface area contributed by atoms with Crippen molar-refractivity contribution < 1.29 is 19.1 Å². The van der Waals surface area contributed by atoms with Gasteiger partial charge in [0.25, 0.3) is 0 Å². The number of alkyl halides is 1. The van der Waals surface area contributed by atoms with E-state index in [1.54, 1.807) is 5.38 Å². The minimum absolute atomic E-state index is 0.0761. The predicted octanol–water partition coefficient (Wildman–Crippen LogP) is 2.45. The van der Waals surface area contributed by atoms with Crippen LogP contribution in [-0.2, 0) is 22.4 Å². The van der Waals surface area contributed by atoms with Gasteiger partial charge in [0.05, 0.1) is 12.1 Å². The van der Waals surface area contributed by atoms with Crippen molar-refractivity contribution in [3.63, 3.8) is 0 Å². The van der Waals surface area contributed by atoms with Crippen molar-refractivity contribution in [3.8, 4) is 10.6 Å². The zero-order valence-corrected chi connectivity index (χ0v) is 13.4. The van der Waals surface area contributed by atoms with Gasteiger partial charge >= 0.3 is 5.97 Å². The molecule has 1 amide bonds. The molecule has 0 saturated heterocycles. The first-order valence-corrected chi connectivity index (χ1v) is 8.03. The number of carbonyl (C=O) groups excluding carboxylic acids is 1. The number of nitrogens with one attached hydrogen (secondary N) is 1. The van der Waals surface area contributed by atoms with Crippen molar-refractivity contribution in [1.82, 2.24) is 10.3 Å². The van der Waals surface area contributed by atoms with E-state index >= 15 is 0 Å². The maximum Gasteiger partial charge on any atom is 0.328 e. The molecule has 2 rings (SSSR count). The number of carboxylic acids is 1. The molecule has 1 atom stereocenters. The normalized spacial score (nSPS) is 11.9. The monoisotopic (exact) mass is 336 g/mol. The topological polar surface area (TPSA) is 79.3 Å². The maximum atomic E-state index is 12.5. The first kappa shape index (κ1) is 17.1. The van der Waals surface area contributed by atoms with Crippen LogP contribution < -0.4 is 5.32 Å². The number of carboxylic acid groups (broad SMARTS) is 1. The van der Waals surface area contributed by atoms with Gasteiger partial charge in [-0.2, -0.15) is 0 Å². The number of thiazole rings is 1. The summed E-state index contributed by atoms with van der Waals surface area (Å²) in [6.45, 7) is 0.935. The van der Waals surface area contributed by atoms with Crippen molar-refractivity contribution in [3.05, 3.63) is 40.9 Å². The fraction of sp³-hybridized carbons (Fsp3) is 0.312. The minimum Gasteiger partial charge on any atom is -0.480 e. The molecular weight excluding hydrogens is 319 g/mol. The summed E-state index contributed by atoms with van der Waals surface area (Å²) in [7, 11) is 0. The molecule has 1 heterocycles. The SMILES string of the molecule is CCc1ccc(-c2nc(CC(=O)NC(CF)C(=O)O)cs2)cc1. The third kappa shape index (κ3) is 4.59. The summed E-state index contributed by atoms with van der Waals surface area (Å²) in [6.07, 6.45) is 0.885. The van der Waals surface area contributed by atoms with E-state index in [4.69, 9.17) is 5.11 Å². The lowest BCUT2D eigenvalue weighted by Crippen LogP contribution is -2.43. The summed E-state index contributed by atoms with van der Waals surface area (Å²) in [6, 6.07) is 6.50. The Balaban J connectivity index is 2.01. The summed E-state index contributed by atoms with van der Waals surface area (Å²) in [5.74, 6) is -1.95. The van der Waals surface area contributed by atoms with E-state index in [2.05, 4.69) is 17.2 Å². The molecule has 1 aromatic heterocycles. The van der Waals surface area contributed by atoms with Crippen molar-refractivity contribution in [2.24, 2.45) is 0 Å². The van der Waals surface area contributed by atoms with Gasteiger partial charge < -0.3 is 10.4 Å². The third-order valence-corrected chi connectivity index (χ3v) is 4.23.